The van der Waals surface area contributed by atoms with Crippen LogP contribution in [0.4, 0.5) is 0 Å². The maximum atomic E-state index is 5.25. The van der Waals surface area contributed by atoms with Gasteiger partial charge in [0, 0.05) is 6.21 Å². The monoisotopic (exact) mass is 140 g/mol. The Morgan fingerprint density at radius 1 is 1.50 bits per heavy atom. The second-order valence-corrected chi connectivity index (χ2v) is 2.87. The Morgan fingerprint density at radius 3 is 2.30 bits per heavy atom. The lowest BCUT2D eigenvalue weighted by atomic mass is 10.00. The van der Waals surface area contributed by atoms with Crippen LogP contribution in [0, 0.1) is 11.8 Å². The zero-order valence-electron chi connectivity index (χ0n) is 6.96. The van der Waals surface area contributed by atoms with Crippen LogP contribution in [0.3, 0.4) is 0 Å². The fourth-order valence-electron chi connectivity index (χ4n) is 0.385. The molecule has 58 valence electrons. The van der Waals surface area contributed by atoms with Crippen LogP contribution in [-0.4, -0.2) is 6.21 Å². The van der Waals surface area contributed by atoms with Gasteiger partial charge < -0.3 is 5.73 Å². The van der Waals surface area contributed by atoms with Gasteiger partial charge in [0.05, 0.1) is 0 Å². The number of rotatable bonds is 3. The number of nitrogens with zero attached hydrogens (tertiary/aromatic N) is 1. The lowest BCUT2D eigenvalue weighted by molar-refractivity contribution is 0.540. The van der Waals surface area contributed by atoms with Gasteiger partial charge in [0.2, 0.25) is 0 Å². The first kappa shape index (κ1) is 9.21. The van der Waals surface area contributed by atoms with Gasteiger partial charge in [-0.1, -0.05) is 27.4 Å². The lowest BCUT2D eigenvalue weighted by Crippen LogP contribution is -2.05. The molecular weight excluding hydrogens is 124 g/mol. The summed E-state index contributed by atoms with van der Waals surface area (Å²) in [4.78, 5) is 3.90. The molecule has 2 heteroatoms. The molecule has 0 amide bonds. The van der Waals surface area contributed by atoms with Crippen molar-refractivity contribution in [3.63, 3.8) is 0 Å². The molecule has 1 atom stereocenters. The van der Waals surface area contributed by atoms with Gasteiger partial charge in [-0.2, -0.15) is 0 Å². The summed E-state index contributed by atoms with van der Waals surface area (Å²) in [6, 6.07) is 0. The minimum absolute atomic E-state index is 0.382. The van der Waals surface area contributed by atoms with E-state index in [2.05, 4.69) is 32.3 Å². The molecule has 2 N–H and O–H groups in total. The molecule has 0 aliphatic heterocycles. The van der Waals surface area contributed by atoms with Crippen molar-refractivity contribution in [2.45, 2.75) is 20.8 Å². The van der Waals surface area contributed by atoms with Crippen LogP contribution in [0.1, 0.15) is 20.8 Å². The highest BCUT2D eigenvalue weighted by molar-refractivity contribution is 5.61. The molecule has 0 aromatic carbocycles. The molecule has 10 heavy (non-hydrogen) atoms. The molecule has 0 aromatic heterocycles. The summed E-state index contributed by atoms with van der Waals surface area (Å²) >= 11 is 0. The molecule has 0 bridgehead atoms. The number of hydrogen-bond donors (Lipinski definition) is 1. The zero-order valence-corrected chi connectivity index (χ0v) is 6.96. The minimum Gasteiger partial charge on any atom is -0.384 e. The molecule has 2 nitrogen and oxygen atoms in total. The maximum Gasteiger partial charge on any atom is 0.115 e. The van der Waals surface area contributed by atoms with Gasteiger partial charge in [-0.15, -0.1) is 0 Å². The first-order valence-electron chi connectivity index (χ1n) is 3.52. The summed E-state index contributed by atoms with van der Waals surface area (Å²) < 4.78 is 0. The first-order valence-corrected chi connectivity index (χ1v) is 3.52. The van der Waals surface area contributed by atoms with Gasteiger partial charge in [0.25, 0.3) is 0 Å². The molecule has 0 saturated carbocycles. The van der Waals surface area contributed by atoms with Crippen LogP contribution >= 0.6 is 0 Å². The fourth-order valence-corrected chi connectivity index (χ4v) is 0.385. The van der Waals surface area contributed by atoms with E-state index in [4.69, 9.17) is 5.73 Å². The van der Waals surface area contributed by atoms with E-state index in [1.165, 1.54) is 0 Å². The molecule has 0 spiro atoms. The van der Waals surface area contributed by atoms with E-state index in [0.717, 1.165) is 0 Å². The average molecular weight is 140 g/mol. The van der Waals surface area contributed by atoms with Crippen LogP contribution in [0.25, 0.3) is 0 Å². The molecule has 1 unspecified atom stereocenters. The van der Waals surface area contributed by atoms with Crippen molar-refractivity contribution >= 4 is 6.21 Å². The molecular formula is C8H16N2. The summed E-state index contributed by atoms with van der Waals surface area (Å²) in [5.74, 6) is 1.47. The predicted molar refractivity (Wildman–Crippen MR) is 45.8 cm³/mol. The molecule has 0 saturated heterocycles. The Morgan fingerprint density at radius 2 is 2.00 bits per heavy atom. The average Bonchev–Trinajstić information content (AvgIpc) is 1.82. The SMILES string of the molecule is C=C(N)/N=C\C(C)C(C)C. The van der Waals surface area contributed by atoms with Crippen molar-refractivity contribution in [1.82, 2.24) is 0 Å². The van der Waals surface area contributed by atoms with Gasteiger partial charge in [-0.05, 0) is 11.8 Å². The summed E-state index contributed by atoms with van der Waals surface area (Å²) in [5.41, 5.74) is 5.25. The predicted octanol–water partition coefficient (Wildman–Crippen LogP) is 1.78. The van der Waals surface area contributed by atoms with E-state index >= 15 is 0 Å². The third-order valence-electron chi connectivity index (χ3n) is 1.53. The Labute approximate surface area is 62.8 Å². The molecule has 0 heterocycles. The van der Waals surface area contributed by atoms with E-state index < -0.39 is 0 Å². The summed E-state index contributed by atoms with van der Waals surface area (Å²) in [6.45, 7) is 9.87. The maximum absolute atomic E-state index is 5.25. The van der Waals surface area contributed by atoms with Gasteiger partial charge in [-0.3, -0.25) is 0 Å². The van der Waals surface area contributed by atoms with Crippen molar-refractivity contribution < 1.29 is 0 Å². The van der Waals surface area contributed by atoms with Gasteiger partial charge in [0.1, 0.15) is 5.82 Å². The van der Waals surface area contributed by atoms with Crippen LogP contribution in [0.2, 0.25) is 0 Å². The van der Waals surface area contributed by atoms with Crippen LogP contribution < -0.4 is 5.73 Å². The topological polar surface area (TPSA) is 38.4 Å². The number of nitrogens with two attached hydrogens (primary N) is 1. The third kappa shape index (κ3) is 4.13. The Kier molecular flexibility index (Phi) is 3.77. The quantitative estimate of drug-likeness (QED) is 0.596. The Bertz CT molecular complexity index is 136. The second kappa shape index (κ2) is 4.09. The highest BCUT2D eigenvalue weighted by Crippen LogP contribution is 2.06. The Balaban J connectivity index is 3.77. The number of aliphatic imine (C=N–C) groups is 1. The van der Waals surface area contributed by atoms with E-state index in [0.29, 0.717) is 17.7 Å². The molecule has 0 aliphatic carbocycles. The first-order chi connectivity index (χ1) is 4.54. The van der Waals surface area contributed by atoms with E-state index in [1.807, 2.05) is 6.21 Å². The standard InChI is InChI=1S/C8H16N2/c1-6(2)7(3)5-10-8(4)9/h5-7H,4,9H2,1-3H3/b10-5-. The van der Waals surface area contributed by atoms with Gasteiger partial charge in [-0.25, -0.2) is 4.99 Å². The Hall–Kier alpha value is -0.790. The van der Waals surface area contributed by atoms with Crippen molar-refractivity contribution in [2.75, 3.05) is 0 Å². The van der Waals surface area contributed by atoms with E-state index in [9.17, 15) is 0 Å². The van der Waals surface area contributed by atoms with Crippen molar-refractivity contribution in [1.29, 1.82) is 0 Å². The normalized spacial score (nSPS) is 14.4. The zero-order chi connectivity index (χ0) is 8.15. The van der Waals surface area contributed by atoms with Gasteiger partial charge in [0.15, 0.2) is 0 Å². The fraction of sp³-hybridized carbons (Fsp3) is 0.625. The van der Waals surface area contributed by atoms with Crippen LogP contribution in [-0.2, 0) is 0 Å². The summed E-state index contributed by atoms with van der Waals surface area (Å²) in [5, 5.41) is 0. The van der Waals surface area contributed by atoms with Crippen molar-refractivity contribution in [2.24, 2.45) is 22.6 Å². The van der Waals surface area contributed by atoms with Crippen molar-refractivity contribution in [3.8, 4) is 0 Å². The minimum atomic E-state index is 0.382. The summed E-state index contributed by atoms with van der Waals surface area (Å²) in [7, 11) is 0. The molecule has 0 fully saturated rings. The van der Waals surface area contributed by atoms with Gasteiger partial charge >= 0.3 is 0 Å². The summed E-state index contributed by atoms with van der Waals surface area (Å²) in [6.07, 6.45) is 1.84. The van der Waals surface area contributed by atoms with Crippen LogP contribution in [0.5, 0.6) is 0 Å². The van der Waals surface area contributed by atoms with Crippen molar-refractivity contribution in [3.05, 3.63) is 12.4 Å². The lowest BCUT2D eigenvalue weighted by Gasteiger charge is -2.07. The van der Waals surface area contributed by atoms with E-state index in [1.54, 1.807) is 0 Å². The molecule has 0 aromatic rings. The second-order valence-electron chi connectivity index (χ2n) is 2.87. The molecule has 0 radical (unpaired) electrons. The van der Waals surface area contributed by atoms with E-state index in [-0.39, 0.29) is 0 Å². The third-order valence-corrected chi connectivity index (χ3v) is 1.53. The largest absolute Gasteiger partial charge is 0.384 e. The highest BCUT2D eigenvalue weighted by Gasteiger charge is 2.01. The molecule has 0 aliphatic rings. The smallest absolute Gasteiger partial charge is 0.115 e. The highest BCUT2D eigenvalue weighted by atomic mass is 14.9. The molecule has 0 rings (SSSR count). The number of hydrogen-bond acceptors (Lipinski definition) is 2. The van der Waals surface area contributed by atoms with Crippen LogP contribution in [0.15, 0.2) is 17.4 Å².